The molecule has 0 spiro atoms. The molecular weight excluding hydrogens is 388 g/mol. The number of rotatable bonds is 6. The zero-order chi connectivity index (χ0) is 21.8. The van der Waals surface area contributed by atoms with Crippen LogP contribution in [0.5, 0.6) is 17.2 Å². The van der Waals surface area contributed by atoms with Crippen molar-refractivity contribution < 1.29 is 19.1 Å². The lowest BCUT2D eigenvalue weighted by Crippen LogP contribution is -2.01. The smallest absolute Gasteiger partial charge is 0.269 e. The van der Waals surface area contributed by atoms with E-state index in [0.29, 0.717) is 39.6 Å². The summed E-state index contributed by atoms with van der Waals surface area (Å²) >= 11 is 0. The quantitative estimate of drug-likeness (QED) is 0.482. The predicted molar refractivity (Wildman–Crippen MR) is 111 cm³/mol. The molecule has 0 saturated heterocycles. The molecule has 0 aliphatic carbocycles. The Morgan fingerprint density at radius 1 is 1.00 bits per heavy atom. The zero-order valence-electron chi connectivity index (χ0n) is 16.5. The van der Waals surface area contributed by atoms with Crippen LogP contribution in [-0.2, 0) is 0 Å². The van der Waals surface area contributed by atoms with Gasteiger partial charge in [0.2, 0.25) is 5.75 Å². The summed E-state index contributed by atoms with van der Waals surface area (Å²) in [5, 5.41) is 20.5. The fraction of sp³-hybridized carbons (Fsp3) is 0.143. The van der Waals surface area contributed by atoms with Crippen LogP contribution in [0.2, 0.25) is 0 Å². The first kappa shape index (κ1) is 20.4. The lowest BCUT2D eigenvalue weighted by atomic mass is 9.97. The standard InChI is InChI=1S/C21H18N4O5/c1-28-18-8-13(9-19(29-2)20(18)30-3)15-10-17(24-21(23)16(15)11-22)12-4-6-14(7-5-12)25(26)27/h4-10H,1-3H3,(H2,23,24). The first-order chi connectivity index (χ1) is 14.4. The van der Waals surface area contributed by atoms with E-state index >= 15 is 0 Å². The van der Waals surface area contributed by atoms with Gasteiger partial charge < -0.3 is 19.9 Å². The summed E-state index contributed by atoms with van der Waals surface area (Å²) in [6.45, 7) is 0. The van der Waals surface area contributed by atoms with Crippen LogP contribution in [0, 0.1) is 21.4 Å². The van der Waals surface area contributed by atoms with Gasteiger partial charge in [-0.05, 0) is 35.9 Å². The third-order valence-corrected chi connectivity index (χ3v) is 4.51. The first-order valence-corrected chi connectivity index (χ1v) is 8.69. The molecule has 2 aromatic carbocycles. The molecule has 0 fully saturated rings. The fourth-order valence-electron chi connectivity index (χ4n) is 3.05. The monoisotopic (exact) mass is 406 g/mol. The van der Waals surface area contributed by atoms with Crippen molar-refractivity contribution in [3.63, 3.8) is 0 Å². The summed E-state index contributed by atoms with van der Waals surface area (Å²) in [6.07, 6.45) is 0. The number of nitrogens with zero attached hydrogens (tertiary/aromatic N) is 3. The number of nitriles is 1. The third kappa shape index (κ3) is 3.66. The minimum Gasteiger partial charge on any atom is -0.493 e. The predicted octanol–water partition coefficient (Wildman–Crippen LogP) is 3.80. The first-order valence-electron chi connectivity index (χ1n) is 8.69. The zero-order valence-corrected chi connectivity index (χ0v) is 16.5. The molecule has 9 heteroatoms. The number of methoxy groups -OCH3 is 3. The minimum atomic E-state index is -0.480. The van der Waals surface area contributed by atoms with Crippen LogP contribution in [0.25, 0.3) is 22.4 Å². The van der Waals surface area contributed by atoms with E-state index < -0.39 is 4.92 Å². The number of pyridine rings is 1. The highest BCUT2D eigenvalue weighted by atomic mass is 16.6. The van der Waals surface area contributed by atoms with E-state index in [9.17, 15) is 15.4 Å². The molecule has 152 valence electrons. The number of aromatic nitrogens is 1. The largest absolute Gasteiger partial charge is 0.493 e. The topological polar surface area (TPSA) is 134 Å². The minimum absolute atomic E-state index is 0.0368. The molecule has 30 heavy (non-hydrogen) atoms. The van der Waals surface area contributed by atoms with Crippen LogP contribution >= 0.6 is 0 Å². The van der Waals surface area contributed by atoms with Crippen molar-refractivity contribution in [2.75, 3.05) is 27.1 Å². The molecule has 1 aromatic heterocycles. The Labute approximate surface area is 172 Å². The summed E-state index contributed by atoms with van der Waals surface area (Å²) in [4.78, 5) is 14.7. The van der Waals surface area contributed by atoms with E-state index in [0.717, 1.165) is 0 Å². The van der Waals surface area contributed by atoms with Gasteiger partial charge in [-0.1, -0.05) is 0 Å². The van der Waals surface area contributed by atoms with Crippen LogP contribution in [0.1, 0.15) is 5.56 Å². The summed E-state index contributed by atoms with van der Waals surface area (Å²) in [5.74, 6) is 1.29. The van der Waals surface area contributed by atoms with Gasteiger partial charge >= 0.3 is 0 Å². The van der Waals surface area contributed by atoms with Crippen molar-refractivity contribution in [2.45, 2.75) is 0 Å². The molecule has 0 bridgehead atoms. The Hall–Kier alpha value is -4.32. The SMILES string of the molecule is COc1cc(-c2cc(-c3ccc([N+](=O)[O-])cc3)nc(N)c2C#N)cc(OC)c1OC. The Bertz CT molecular complexity index is 1130. The molecule has 0 saturated carbocycles. The number of hydrogen-bond acceptors (Lipinski definition) is 8. The summed E-state index contributed by atoms with van der Waals surface area (Å²) in [5.41, 5.74) is 8.41. The van der Waals surface area contributed by atoms with E-state index in [1.54, 1.807) is 30.3 Å². The number of benzene rings is 2. The maximum absolute atomic E-state index is 10.9. The van der Waals surface area contributed by atoms with Gasteiger partial charge in [-0.15, -0.1) is 0 Å². The number of anilines is 1. The molecule has 0 amide bonds. The maximum Gasteiger partial charge on any atom is 0.269 e. The maximum atomic E-state index is 10.9. The van der Waals surface area contributed by atoms with E-state index in [4.69, 9.17) is 19.9 Å². The van der Waals surface area contributed by atoms with Gasteiger partial charge in [0, 0.05) is 23.3 Å². The van der Waals surface area contributed by atoms with Gasteiger partial charge in [0.25, 0.3) is 5.69 Å². The number of nitrogen functional groups attached to an aromatic ring is 1. The molecule has 0 unspecified atom stereocenters. The third-order valence-electron chi connectivity index (χ3n) is 4.51. The highest BCUT2D eigenvalue weighted by Crippen LogP contribution is 2.43. The van der Waals surface area contributed by atoms with Crippen molar-refractivity contribution in [1.82, 2.24) is 4.98 Å². The van der Waals surface area contributed by atoms with Gasteiger partial charge in [-0.3, -0.25) is 10.1 Å². The normalized spacial score (nSPS) is 10.2. The molecule has 3 aromatic rings. The molecule has 2 N–H and O–H groups in total. The molecule has 9 nitrogen and oxygen atoms in total. The van der Waals surface area contributed by atoms with Crippen molar-refractivity contribution in [3.8, 4) is 45.7 Å². The summed E-state index contributed by atoms with van der Waals surface area (Å²) in [6, 6.07) is 13.1. The second kappa shape index (κ2) is 8.36. The molecule has 0 radical (unpaired) electrons. The van der Waals surface area contributed by atoms with Crippen molar-refractivity contribution in [1.29, 1.82) is 5.26 Å². The van der Waals surface area contributed by atoms with Crippen LogP contribution in [0.4, 0.5) is 11.5 Å². The number of nitro benzene ring substituents is 1. The number of hydrogen-bond donors (Lipinski definition) is 1. The van der Waals surface area contributed by atoms with Crippen LogP contribution in [0.15, 0.2) is 42.5 Å². The molecule has 0 atom stereocenters. The fourth-order valence-corrected chi connectivity index (χ4v) is 3.05. The van der Waals surface area contributed by atoms with Crippen LogP contribution in [-0.4, -0.2) is 31.2 Å². The second-order valence-corrected chi connectivity index (χ2v) is 6.15. The van der Waals surface area contributed by atoms with Crippen molar-refractivity contribution >= 4 is 11.5 Å². The van der Waals surface area contributed by atoms with E-state index in [1.165, 1.54) is 33.5 Å². The van der Waals surface area contributed by atoms with Crippen LogP contribution in [0.3, 0.4) is 0 Å². The van der Waals surface area contributed by atoms with Crippen LogP contribution < -0.4 is 19.9 Å². The number of non-ortho nitro benzene ring substituents is 1. The number of ether oxygens (including phenoxy) is 3. The molecule has 3 rings (SSSR count). The summed E-state index contributed by atoms with van der Waals surface area (Å²) in [7, 11) is 4.49. The number of nitro groups is 1. The highest BCUT2D eigenvalue weighted by molar-refractivity contribution is 5.82. The average molecular weight is 406 g/mol. The molecule has 0 aliphatic heterocycles. The highest BCUT2D eigenvalue weighted by Gasteiger charge is 2.19. The average Bonchev–Trinajstić information content (AvgIpc) is 2.77. The molecule has 0 aliphatic rings. The number of nitrogens with two attached hydrogens (primary N) is 1. The van der Waals surface area contributed by atoms with Gasteiger partial charge in [0.1, 0.15) is 17.5 Å². The Morgan fingerprint density at radius 2 is 1.60 bits per heavy atom. The van der Waals surface area contributed by atoms with Gasteiger partial charge in [-0.25, -0.2) is 4.98 Å². The lowest BCUT2D eigenvalue weighted by Gasteiger charge is -2.16. The Morgan fingerprint density at radius 3 is 2.07 bits per heavy atom. The van der Waals surface area contributed by atoms with E-state index in [2.05, 4.69) is 11.1 Å². The molecule has 1 heterocycles. The van der Waals surface area contributed by atoms with E-state index in [1.807, 2.05) is 0 Å². The van der Waals surface area contributed by atoms with Gasteiger partial charge in [0.05, 0.1) is 31.9 Å². The molecular formula is C21H18N4O5. The van der Waals surface area contributed by atoms with Crippen molar-refractivity contribution in [2.24, 2.45) is 0 Å². The Balaban J connectivity index is 2.22. The second-order valence-electron chi connectivity index (χ2n) is 6.15. The Kier molecular flexibility index (Phi) is 5.69. The van der Waals surface area contributed by atoms with Gasteiger partial charge in [0.15, 0.2) is 11.5 Å². The lowest BCUT2D eigenvalue weighted by molar-refractivity contribution is -0.384. The summed E-state index contributed by atoms with van der Waals surface area (Å²) < 4.78 is 16.1. The van der Waals surface area contributed by atoms with Crippen molar-refractivity contribution in [3.05, 3.63) is 58.1 Å². The van der Waals surface area contributed by atoms with Gasteiger partial charge in [-0.2, -0.15) is 5.26 Å². The van der Waals surface area contributed by atoms with E-state index in [-0.39, 0.29) is 17.1 Å².